The summed E-state index contributed by atoms with van der Waals surface area (Å²) in [6.45, 7) is 0. The van der Waals surface area contributed by atoms with Crippen molar-refractivity contribution in [3.8, 4) is 23.0 Å². The molecule has 4 N–H and O–H groups in total. The van der Waals surface area contributed by atoms with Crippen molar-refractivity contribution in [2.75, 3.05) is 11.5 Å². The summed E-state index contributed by atoms with van der Waals surface area (Å²) in [6.07, 6.45) is -21.8. The molecule has 0 saturated carbocycles. The third-order valence-electron chi connectivity index (χ3n) is 4.82. The molecule has 3 aromatic carbocycles. The molecule has 0 radical (unpaired) electrons. The average molecular weight is 564 g/mol. The molecule has 0 aliphatic rings. The van der Waals surface area contributed by atoms with Crippen LogP contribution in [0.2, 0.25) is 0 Å². The highest BCUT2D eigenvalue weighted by Gasteiger charge is 2.44. The molecule has 0 amide bonds. The number of hydrogen-bond donors (Lipinski definition) is 2. The minimum Gasteiger partial charge on any atom is -0.456 e. The molecule has 0 saturated heterocycles. The first-order chi connectivity index (χ1) is 17.2. The molecule has 4 nitrogen and oxygen atoms in total. The normalized spacial score (nSPS) is 12.9. The third kappa shape index (κ3) is 5.94. The van der Waals surface area contributed by atoms with Gasteiger partial charge in [-0.25, -0.2) is 0 Å². The van der Waals surface area contributed by atoms with Crippen LogP contribution >= 0.6 is 0 Å². The van der Waals surface area contributed by atoms with E-state index in [1.165, 1.54) is 0 Å². The lowest BCUT2D eigenvalue weighted by molar-refractivity contribution is -0.144. The molecule has 0 fully saturated rings. The lowest BCUT2D eigenvalue weighted by atomic mass is 10.1. The Morgan fingerprint density at radius 2 is 0.789 bits per heavy atom. The highest BCUT2D eigenvalue weighted by Crippen LogP contribution is 2.50. The van der Waals surface area contributed by atoms with Crippen LogP contribution in [0, 0.1) is 0 Å². The first-order valence-electron chi connectivity index (χ1n) is 9.80. The van der Waals surface area contributed by atoms with E-state index in [2.05, 4.69) is 0 Å². The van der Waals surface area contributed by atoms with Gasteiger partial charge in [0.2, 0.25) is 0 Å². The molecule has 0 unspecified atom stereocenters. The second-order valence-corrected chi connectivity index (χ2v) is 7.48. The van der Waals surface area contributed by atoms with Crippen LogP contribution in [0.25, 0.3) is 0 Å². The van der Waals surface area contributed by atoms with E-state index in [-0.39, 0.29) is 6.07 Å². The van der Waals surface area contributed by atoms with Gasteiger partial charge in [-0.2, -0.15) is 52.7 Å². The quantitative estimate of drug-likeness (QED) is 0.246. The lowest BCUT2D eigenvalue weighted by Gasteiger charge is -2.22. The first kappa shape index (κ1) is 28.6. The molecule has 0 bridgehead atoms. The molecule has 0 aliphatic heterocycles. The van der Waals surface area contributed by atoms with Crippen molar-refractivity contribution < 1.29 is 62.2 Å². The minimum absolute atomic E-state index is 0.127. The van der Waals surface area contributed by atoms with Crippen molar-refractivity contribution in [3.05, 3.63) is 70.8 Å². The Bertz CT molecular complexity index is 1240. The predicted molar refractivity (Wildman–Crippen MR) is 108 cm³/mol. The third-order valence-corrected chi connectivity index (χ3v) is 4.82. The van der Waals surface area contributed by atoms with Gasteiger partial charge < -0.3 is 20.9 Å². The van der Waals surface area contributed by atoms with E-state index < -0.39 is 87.4 Å². The van der Waals surface area contributed by atoms with E-state index in [0.717, 1.165) is 24.3 Å². The topological polar surface area (TPSA) is 70.5 Å². The van der Waals surface area contributed by atoms with E-state index in [0.29, 0.717) is 12.1 Å². The number of benzene rings is 3. The fourth-order valence-corrected chi connectivity index (χ4v) is 3.28. The maximum Gasteiger partial charge on any atom is 0.421 e. The molecular weight excluding hydrogens is 552 g/mol. The van der Waals surface area contributed by atoms with Gasteiger partial charge in [-0.15, -0.1) is 0 Å². The molecule has 3 rings (SSSR count). The summed E-state index contributed by atoms with van der Waals surface area (Å²) < 4.78 is 172. The first-order valence-corrected chi connectivity index (χ1v) is 9.80. The van der Waals surface area contributed by atoms with E-state index >= 15 is 0 Å². The second-order valence-electron chi connectivity index (χ2n) is 7.48. The zero-order valence-corrected chi connectivity index (χ0v) is 18.1. The molecule has 0 aromatic heterocycles. The van der Waals surface area contributed by atoms with Crippen molar-refractivity contribution in [3.63, 3.8) is 0 Å². The number of anilines is 2. The summed E-state index contributed by atoms with van der Waals surface area (Å²) in [4.78, 5) is 0. The van der Waals surface area contributed by atoms with Crippen molar-refractivity contribution >= 4 is 11.4 Å². The van der Waals surface area contributed by atoms with E-state index in [1.807, 2.05) is 0 Å². The van der Waals surface area contributed by atoms with Crippen LogP contribution in [0.4, 0.5) is 64.1 Å². The zero-order chi connectivity index (χ0) is 28.8. The highest BCUT2D eigenvalue weighted by molar-refractivity contribution is 5.60. The average Bonchev–Trinajstić information content (AvgIpc) is 2.70. The molecule has 206 valence electrons. The smallest absolute Gasteiger partial charge is 0.421 e. The molecule has 0 aliphatic carbocycles. The standard InChI is InChI=1S/C22H12F12N2O2/c23-19(24,25)9-7-10(20(26,27)28)16(38-14-6-2-4-12(36)18(14)22(32,33)34)8-15(9)37-13-5-1-3-11(35)17(13)21(29,30)31/h1-8H,35-36H2. The Hall–Kier alpha value is -3.98. The molecule has 0 spiro atoms. The van der Waals surface area contributed by atoms with E-state index in [4.69, 9.17) is 20.9 Å². The number of halogens is 12. The van der Waals surface area contributed by atoms with Crippen molar-refractivity contribution in [1.82, 2.24) is 0 Å². The zero-order valence-electron chi connectivity index (χ0n) is 18.1. The Balaban J connectivity index is 2.30. The maximum atomic E-state index is 13.7. The Morgan fingerprint density at radius 1 is 0.447 bits per heavy atom. The molecular formula is C22H12F12N2O2. The number of nitrogen functional groups attached to an aromatic ring is 2. The Labute approximate surface area is 204 Å². The molecule has 0 atom stereocenters. The summed E-state index contributed by atoms with van der Waals surface area (Å²) in [7, 11) is 0. The Morgan fingerprint density at radius 3 is 1.08 bits per heavy atom. The van der Waals surface area contributed by atoms with Gasteiger partial charge in [0.1, 0.15) is 34.1 Å². The van der Waals surface area contributed by atoms with Crippen LogP contribution in [0.3, 0.4) is 0 Å². The van der Waals surface area contributed by atoms with E-state index in [1.54, 1.807) is 0 Å². The van der Waals surface area contributed by atoms with Crippen LogP contribution in [-0.2, 0) is 24.7 Å². The SMILES string of the molecule is Nc1cccc(Oc2cc(Oc3cccc(N)c3C(F)(F)F)c(C(F)(F)F)cc2C(F)(F)F)c1C(F)(F)F. The van der Waals surface area contributed by atoms with Crippen LogP contribution in [0.5, 0.6) is 23.0 Å². The van der Waals surface area contributed by atoms with Crippen LogP contribution in [-0.4, -0.2) is 0 Å². The summed E-state index contributed by atoms with van der Waals surface area (Å²) >= 11 is 0. The minimum atomic E-state index is -5.62. The second kappa shape index (κ2) is 9.40. The van der Waals surface area contributed by atoms with Crippen molar-refractivity contribution in [2.45, 2.75) is 24.7 Å². The maximum absolute atomic E-state index is 13.7. The van der Waals surface area contributed by atoms with Gasteiger partial charge in [-0.1, -0.05) is 12.1 Å². The van der Waals surface area contributed by atoms with E-state index in [9.17, 15) is 52.7 Å². The van der Waals surface area contributed by atoms with Crippen LogP contribution < -0.4 is 20.9 Å². The fraction of sp³-hybridized carbons (Fsp3) is 0.182. The van der Waals surface area contributed by atoms with Gasteiger partial charge >= 0.3 is 24.7 Å². The van der Waals surface area contributed by atoms with Crippen LogP contribution in [0.1, 0.15) is 22.3 Å². The fourth-order valence-electron chi connectivity index (χ4n) is 3.28. The predicted octanol–water partition coefficient (Wildman–Crippen LogP) is 8.51. The largest absolute Gasteiger partial charge is 0.456 e. The van der Waals surface area contributed by atoms with Gasteiger partial charge in [0.25, 0.3) is 0 Å². The molecule has 16 heteroatoms. The number of alkyl halides is 12. The van der Waals surface area contributed by atoms with Crippen LogP contribution in [0.15, 0.2) is 48.5 Å². The molecule has 38 heavy (non-hydrogen) atoms. The van der Waals surface area contributed by atoms with Gasteiger partial charge in [-0.05, 0) is 30.3 Å². The van der Waals surface area contributed by atoms with Gasteiger partial charge in [-0.3, -0.25) is 0 Å². The summed E-state index contributed by atoms with van der Waals surface area (Å²) in [5.41, 5.74) is 0.657. The van der Waals surface area contributed by atoms with Gasteiger partial charge in [0.15, 0.2) is 0 Å². The summed E-state index contributed by atoms with van der Waals surface area (Å²) in [5.74, 6) is -5.94. The number of ether oxygens (including phenoxy) is 2. The summed E-state index contributed by atoms with van der Waals surface area (Å²) in [5, 5.41) is 0. The lowest BCUT2D eigenvalue weighted by Crippen LogP contribution is -2.15. The van der Waals surface area contributed by atoms with Gasteiger partial charge in [0, 0.05) is 17.4 Å². The van der Waals surface area contributed by atoms with Gasteiger partial charge in [0.05, 0.1) is 11.1 Å². The van der Waals surface area contributed by atoms with Crippen molar-refractivity contribution in [2.24, 2.45) is 0 Å². The Kier molecular flexibility index (Phi) is 7.07. The summed E-state index contributed by atoms with van der Waals surface area (Å²) in [6, 6.07) is 3.57. The monoisotopic (exact) mass is 564 g/mol. The number of nitrogens with two attached hydrogens (primary N) is 2. The number of rotatable bonds is 4. The molecule has 0 heterocycles. The highest BCUT2D eigenvalue weighted by atomic mass is 19.4. The van der Waals surface area contributed by atoms with Crippen molar-refractivity contribution in [1.29, 1.82) is 0 Å². The number of hydrogen-bond acceptors (Lipinski definition) is 4. The molecule has 3 aromatic rings.